The van der Waals surface area contributed by atoms with Crippen LogP contribution in [0.3, 0.4) is 0 Å². The molecular weight excluding hydrogens is 200 g/mol. The fourth-order valence-electron chi connectivity index (χ4n) is 3.00. The number of ether oxygens (including phenoxy) is 2. The van der Waals surface area contributed by atoms with Crippen LogP contribution in [0.25, 0.3) is 0 Å². The zero-order valence-corrected chi connectivity index (χ0v) is 10.7. The molecule has 0 bridgehead atoms. The normalized spacial score (nSPS) is 31.5. The Hall–Kier alpha value is -0.0800. The van der Waals surface area contributed by atoms with Crippen LogP contribution in [-0.4, -0.2) is 18.5 Å². The smallest absolute Gasteiger partial charge is 0.168 e. The van der Waals surface area contributed by atoms with Gasteiger partial charge in [-0.2, -0.15) is 0 Å². The van der Waals surface area contributed by atoms with Gasteiger partial charge in [0.2, 0.25) is 0 Å². The molecule has 0 amide bonds. The van der Waals surface area contributed by atoms with Gasteiger partial charge in [0, 0.05) is 6.42 Å². The predicted molar refractivity (Wildman–Crippen MR) is 65.0 cm³/mol. The fraction of sp³-hybridized carbons (Fsp3) is 0.929. The molecule has 2 rings (SSSR count). The van der Waals surface area contributed by atoms with E-state index in [9.17, 15) is 0 Å². The molecule has 1 radical (unpaired) electrons. The summed E-state index contributed by atoms with van der Waals surface area (Å²) in [6, 6.07) is 0. The van der Waals surface area contributed by atoms with Crippen LogP contribution in [0.4, 0.5) is 0 Å². The van der Waals surface area contributed by atoms with Crippen molar-refractivity contribution in [2.45, 2.75) is 70.7 Å². The number of rotatable bonds is 3. The lowest BCUT2D eigenvalue weighted by Crippen LogP contribution is -2.47. The fourth-order valence-corrected chi connectivity index (χ4v) is 3.00. The zero-order chi connectivity index (χ0) is 11.4. The van der Waals surface area contributed by atoms with Crippen molar-refractivity contribution in [3.8, 4) is 0 Å². The van der Waals surface area contributed by atoms with Gasteiger partial charge in [-0.1, -0.05) is 33.1 Å². The Morgan fingerprint density at radius 2 is 1.81 bits per heavy atom. The van der Waals surface area contributed by atoms with E-state index < -0.39 is 0 Å². The van der Waals surface area contributed by atoms with Crippen molar-refractivity contribution in [3.63, 3.8) is 0 Å². The molecule has 1 unspecified atom stereocenters. The van der Waals surface area contributed by atoms with Gasteiger partial charge in [0.1, 0.15) is 0 Å². The van der Waals surface area contributed by atoms with Crippen LogP contribution in [0.2, 0.25) is 0 Å². The second-order valence-electron chi connectivity index (χ2n) is 5.15. The topological polar surface area (TPSA) is 18.5 Å². The van der Waals surface area contributed by atoms with Gasteiger partial charge in [0.25, 0.3) is 0 Å². The Kier molecular flexibility index (Phi) is 4.26. The SMILES string of the molecule is CCC1(CC)OC[CH]C(C2CCCCC2)O1. The standard InChI is InChI=1S/C14H25O2/c1-3-14(4-2)15-11-10-13(16-14)12-8-6-5-7-9-12/h10,12-13H,3-9,11H2,1-2H3. The monoisotopic (exact) mass is 225 g/mol. The van der Waals surface area contributed by atoms with Gasteiger partial charge < -0.3 is 9.47 Å². The average Bonchev–Trinajstić information content (AvgIpc) is 2.40. The van der Waals surface area contributed by atoms with Crippen molar-refractivity contribution in [1.82, 2.24) is 0 Å². The molecule has 1 aliphatic carbocycles. The van der Waals surface area contributed by atoms with E-state index in [1.54, 1.807) is 0 Å². The Labute approximate surface area is 99.7 Å². The summed E-state index contributed by atoms with van der Waals surface area (Å²) in [5.41, 5.74) is 0. The van der Waals surface area contributed by atoms with E-state index in [0.717, 1.165) is 25.4 Å². The van der Waals surface area contributed by atoms with Crippen molar-refractivity contribution < 1.29 is 9.47 Å². The first kappa shape index (κ1) is 12.4. The molecule has 93 valence electrons. The number of hydrogen-bond acceptors (Lipinski definition) is 2. The predicted octanol–water partition coefficient (Wildman–Crippen LogP) is 3.70. The Balaban J connectivity index is 1.94. The minimum absolute atomic E-state index is 0.295. The van der Waals surface area contributed by atoms with Gasteiger partial charge >= 0.3 is 0 Å². The summed E-state index contributed by atoms with van der Waals surface area (Å²) in [7, 11) is 0. The van der Waals surface area contributed by atoms with Gasteiger partial charge in [0.15, 0.2) is 5.79 Å². The Bertz CT molecular complexity index is 205. The molecule has 16 heavy (non-hydrogen) atoms. The first-order valence-electron chi connectivity index (χ1n) is 6.95. The molecule has 1 saturated heterocycles. The third-order valence-corrected chi connectivity index (χ3v) is 4.22. The summed E-state index contributed by atoms with van der Waals surface area (Å²) < 4.78 is 12.0. The van der Waals surface area contributed by atoms with E-state index in [4.69, 9.17) is 9.47 Å². The molecule has 0 aromatic carbocycles. The zero-order valence-electron chi connectivity index (χ0n) is 10.7. The maximum atomic E-state index is 6.23. The van der Waals surface area contributed by atoms with E-state index >= 15 is 0 Å². The molecule has 1 atom stereocenters. The third-order valence-electron chi connectivity index (χ3n) is 4.22. The van der Waals surface area contributed by atoms with Crippen molar-refractivity contribution in [1.29, 1.82) is 0 Å². The van der Waals surface area contributed by atoms with Gasteiger partial charge in [-0.15, -0.1) is 0 Å². The maximum absolute atomic E-state index is 6.23. The van der Waals surface area contributed by atoms with Crippen LogP contribution in [0.1, 0.15) is 58.8 Å². The largest absolute Gasteiger partial charge is 0.350 e. The molecule has 0 aromatic rings. The van der Waals surface area contributed by atoms with Gasteiger partial charge in [-0.3, -0.25) is 0 Å². The number of hydrogen-bond donors (Lipinski definition) is 0. The molecule has 2 nitrogen and oxygen atoms in total. The molecule has 0 aromatic heterocycles. The van der Waals surface area contributed by atoms with Crippen molar-refractivity contribution in [2.24, 2.45) is 5.92 Å². The van der Waals surface area contributed by atoms with E-state index in [1.807, 2.05) is 0 Å². The molecule has 1 heterocycles. The quantitative estimate of drug-likeness (QED) is 0.729. The lowest BCUT2D eigenvalue weighted by Gasteiger charge is -2.43. The highest BCUT2D eigenvalue weighted by molar-refractivity contribution is 4.91. The average molecular weight is 225 g/mol. The molecule has 2 heteroatoms. The van der Waals surface area contributed by atoms with Crippen LogP contribution in [-0.2, 0) is 9.47 Å². The first-order valence-corrected chi connectivity index (χ1v) is 6.95. The van der Waals surface area contributed by atoms with Gasteiger partial charge in [0.05, 0.1) is 12.7 Å². The van der Waals surface area contributed by atoms with Crippen LogP contribution < -0.4 is 0 Å². The molecule has 0 N–H and O–H groups in total. The lowest BCUT2D eigenvalue weighted by molar-refractivity contribution is -0.287. The van der Waals surface area contributed by atoms with E-state index in [0.29, 0.717) is 6.10 Å². The summed E-state index contributed by atoms with van der Waals surface area (Å²) in [6.45, 7) is 5.09. The lowest BCUT2D eigenvalue weighted by atomic mass is 9.83. The van der Waals surface area contributed by atoms with Gasteiger partial charge in [-0.05, 0) is 31.6 Å². The van der Waals surface area contributed by atoms with E-state index in [1.165, 1.54) is 32.1 Å². The molecule has 1 aliphatic heterocycles. The van der Waals surface area contributed by atoms with Crippen LogP contribution >= 0.6 is 0 Å². The second-order valence-corrected chi connectivity index (χ2v) is 5.15. The van der Waals surface area contributed by atoms with Crippen molar-refractivity contribution >= 4 is 0 Å². The minimum Gasteiger partial charge on any atom is -0.350 e. The molecule has 0 spiro atoms. The highest BCUT2D eigenvalue weighted by Crippen LogP contribution is 2.36. The van der Waals surface area contributed by atoms with Crippen LogP contribution in [0.5, 0.6) is 0 Å². The summed E-state index contributed by atoms with van der Waals surface area (Å²) >= 11 is 0. The maximum Gasteiger partial charge on any atom is 0.168 e. The van der Waals surface area contributed by atoms with E-state index in [-0.39, 0.29) is 5.79 Å². The summed E-state index contributed by atoms with van der Waals surface area (Å²) in [4.78, 5) is 0. The van der Waals surface area contributed by atoms with Crippen molar-refractivity contribution in [3.05, 3.63) is 6.42 Å². The van der Waals surface area contributed by atoms with Crippen LogP contribution in [0, 0.1) is 12.3 Å². The highest BCUT2D eigenvalue weighted by Gasteiger charge is 2.38. The highest BCUT2D eigenvalue weighted by atomic mass is 16.7. The molecular formula is C14H25O2. The second kappa shape index (κ2) is 5.50. The van der Waals surface area contributed by atoms with Crippen LogP contribution in [0.15, 0.2) is 0 Å². The summed E-state index contributed by atoms with van der Waals surface area (Å²) in [5, 5.41) is 0. The minimum atomic E-state index is -0.295. The summed E-state index contributed by atoms with van der Waals surface area (Å²) in [5.74, 6) is 0.451. The summed E-state index contributed by atoms with van der Waals surface area (Å²) in [6.07, 6.45) is 11.3. The Morgan fingerprint density at radius 1 is 1.12 bits per heavy atom. The molecule has 1 saturated carbocycles. The van der Waals surface area contributed by atoms with E-state index in [2.05, 4.69) is 20.3 Å². The Morgan fingerprint density at radius 3 is 2.44 bits per heavy atom. The first-order chi connectivity index (χ1) is 7.79. The molecule has 2 aliphatic rings. The third kappa shape index (κ3) is 2.60. The van der Waals surface area contributed by atoms with Gasteiger partial charge in [-0.25, -0.2) is 0 Å². The molecule has 2 fully saturated rings. The van der Waals surface area contributed by atoms with Crippen molar-refractivity contribution in [2.75, 3.05) is 6.61 Å².